The average molecular weight is 506 g/mol. The van der Waals surface area contributed by atoms with Crippen LogP contribution in [0.3, 0.4) is 0 Å². The van der Waals surface area contributed by atoms with Crippen molar-refractivity contribution in [2.45, 2.75) is 120 Å². The maximum absolute atomic E-state index is 13.0. The van der Waals surface area contributed by atoms with E-state index in [4.69, 9.17) is 0 Å². The van der Waals surface area contributed by atoms with Crippen LogP contribution in [0.2, 0.25) is 0 Å². The first-order valence-corrected chi connectivity index (χ1v) is 15.0. The van der Waals surface area contributed by atoms with Crippen LogP contribution in [0.5, 0.6) is 5.75 Å². The summed E-state index contributed by atoms with van der Waals surface area (Å²) in [7, 11) is 0. The Hall–Kier alpha value is -0.810. The van der Waals surface area contributed by atoms with E-state index in [0.717, 1.165) is 30.6 Å². The smallest absolute Gasteiger partial charge is 0.232 e. The van der Waals surface area contributed by atoms with Gasteiger partial charge in [-0.25, -0.2) is 0 Å². The van der Waals surface area contributed by atoms with Crippen LogP contribution < -0.4 is 0 Å². The Kier molecular flexibility index (Phi) is 8.71. The normalized spacial score (nSPS) is 23.7. The Balaban J connectivity index is 1.74. The van der Waals surface area contributed by atoms with E-state index in [2.05, 4.69) is 72.4 Å². The van der Waals surface area contributed by atoms with Crippen LogP contribution in [0.15, 0.2) is 17.0 Å². The molecule has 34 heavy (non-hydrogen) atoms. The lowest BCUT2D eigenvalue weighted by atomic mass is 9.79. The minimum atomic E-state index is -0.115. The number of rotatable bonds is 5. The fourth-order valence-electron chi connectivity index (χ4n) is 5.29. The molecule has 1 aromatic carbocycles. The van der Waals surface area contributed by atoms with Crippen LogP contribution in [0, 0.1) is 5.41 Å². The molecular formula is C29H47NO2S2. The number of hydrogen-bond donors (Lipinski definition) is 1. The Labute approximate surface area is 217 Å². The summed E-state index contributed by atoms with van der Waals surface area (Å²) in [6.45, 7) is 19.4. The SMILES string of the molecule is CC1(C)CCCN(C(=O)CS[C@@H]2CCCC[C@H]2Sc2cc(C(C)(C)C)c(O)c(C(C)(C)C)c2)C1. The topological polar surface area (TPSA) is 40.5 Å². The molecule has 1 aromatic rings. The van der Waals surface area contributed by atoms with Gasteiger partial charge in [0.15, 0.2) is 0 Å². The van der Waals surface area contributed by atoms with Crippen molar-refractivity contribution in [2.24, 2.45) is 5.41 Å². The van der Waals surface area contributed by atoms with Crippen molar-refractivity contribution in [3.63, 3.8) is 0 Å². The third-order valence-electron chi connectivity index (χ3n) is 7.30. The summed E-state index contributed by atoms with van der Waals surface area (Å²) in [5.41, 5.74) is 2.08. The highest BCUT2D eigenvalue weighted by Crippen LogP contribution is 2.45. The third kappa shape index (κ3) is 7.12. The van der Waals surface area contributed by atoms with Crippen molar-refractivity contribution in [3.05, 3.63) is 23.3 Å². The van der Waals surface area contributed by atoms with E-state index in [9.17, 15) is 9.90 Å². The van der Waals surface area contributed by atoms with Crippen LogP contribution in [0.4, 0.5) is 0 Å². The second kappa shape index (κ2) is 10.7. The van der Waals surface area contributed by atoms with Gasteiger partial charge in [-0.1, -0.05) is 68.2 Å². The molecular weight excluding hydrogens is 458 g/mol. The zero-order valence-electron chi connectivity index (χ0n) is 22.8. The van der Waals surface area contributed by atoms with Gasteiger partial charge in [-0.2, -0.15) is 0 Å². The molecule has 1 heterocycles. The molecule has 3 rings (SSSR count). The van der Waals surface area contributed by atoms with Gasteiger partial charge < -0.3 is 10.0 Å². The van der Waals surface area contributed by atoms with Crippen molar-refractivity contribution in [1.82, 2.24) is 4.90 Å². The van der Waals surface area contributed by atoms with Crippen LogP contribution in [-0.2, 0) is 15.6 Å². The van der Waals surface area contributed by atoms with E-state index in [0.29, 0.717) is 27.9 Å². The number of carbonyl (C=O) groups is 1. The van der Waals surface area contributed by atoms with E-state index >= 15 is 0 Å². The van der Waals surface area contributed by atoms with Gasteiger partial charge in [0.25, 0.3) is 0 Å². The third-order valence-corrected chi connectivity index (χ3v) is 10.3. The van der Waals surface area contributed by atoms with Crippen LogP contribution >= 0.6 is 23.5 Å². The number of phenolic OH excluding ortho intramolecular Hbond substituents is 1. The first kappa shape index (κ1) is 27.8. The van der Waals surface area contributed by atoms with Gasteiger partial charge in [0.05, 0.1) is 5.75 Å². The molecule has 1 saturated carbocycles. The van der Waals surface area contributed by atoms with Crippen molar-refractivity contribution in [2.75, 3.05) is 18.8 Å². The number of likely N-dealkylation sites (tertiary alicyclic amines) is 1. The Morgan fingerprint density at radius 2 is 1.56 bits per heavy atom. The lowest BCUT2D eigenvalue weighted by Crippen LogP contribution is -2.44. The second-order valence-corrected chi connectivity index (χ2v) is 15.8. The van der Waals surface area contributed by atoms with Gasteiger partial charge >= 0.3 is 0 Å². The Morgan fingerprint density at radius 1 is 1.00 bits per heavy atom. The minimum Gasteiger partial charge on any atom is -0.507 e. The lowest BCUT2D eigenvalue weighted by Gasteiger charge is -2.38. The summed E-state index contributed by atoms with van der Waals surface area (Å²) in [4.78, 5) is 16.4. The number of amides is 1. The molecule has 0 aromatic heterocycles. The summed E-state index contributed by atoms with van der Waals surface area (Å²) in [6, 6.07) is 4.43. The number of benzene rings is 1. The molecule has 192 valence electrons. The second-order valence-electron chi connectivity index (χ2n) is 13.2. The number of piperidine rings is 1. The minimum absolute atomic E-state index is 0.115. The number of carbonyl (C=O) groups excluding carboxylic acids is 1. The summed E-state index contributed by atoms with van der Waals surface area (Å²) >= 11 is 3.86. The van der Waals surface area contributed by atoms with E-state index < -0.39 is 0 Å². The highest BCUT2D eigenvalue weighted by Gasteiger charge is 2.32. The monoisotopic (exact) mass is 505 g/mol. The fourth-order valence-corrected chi connectivity index (χ4v) is 8.21. The number of thioether (sulfide) groups is 2. The molecule has 1 amide bonds. The van der Waals surface area contributed by atoms with Crippen LogP contribution in [0.1, 0.15) is 105 Å². The average Bonchev–Trinajstić information content (AvgIpc) is 2.71. The van der Waals surface area contributed by atoms with Gasteiger partial charge in [0.1, 0.15) is 5.75 Å². The Bertz CT molecular complexity index is 831. The molecule has 3 nitrogen and oxygen atoms in total. The molecule has 1 aliphatic heterocycles. The molecule has 1 saturated heterocycles. The van der Waals surface area contributed by atoms with Crippen molar-refractivity contribution < 1.29 is 9.90 Å². The molecule has 2 fully saturated rings. The molecule has 1 N–H and O–H groups in total. The van der Waals surface area contributed by atoms with Crippen LogP contribution in [0.25, 0.3) is 0 Å². The first-order chi connectivity index (χ1) is 15.7. The molecule has 0 spiro atoms. The standard InChI is InChI=1S/C29H47NO2S2/c1-27(2,3)21-16-20(17-22(26(21)32)28(4,5)6)34-24-13-10-9-12-23(24)33-18-25(31)30-15-11-14-29(7,8)19-30/h16-17,23-24,32H,9-15,18-19H2,1-8H3/t23-,24-/m1/s1. The predicted octanol–water partition coefficient (Wildman–Crippen LogP) is 7.77. The molecule has 0 bridgehead atoms. The summed E-state index contributed by atoms with van der Waals surface area (Å²) in [5, 5.41) is 12.1. The van der Waals surface area contributed by atoms with Gasteiger partial charge in [0.2, 0.25) is 5.91 Å². The van der Waals surface area contributed by atoms with E-state index in [1.807, 2.05) is 23.5 Å². The molecule has 0 unspecified atom stereocenters. The van der Waals surface area contributed by atoms with Gasteiger partial charge in [-0.3, -0.25) is 4.79 Å². The van der Waals surface area contributed by atoms with E-state index in [1.165, 1.54) is 37.0 Å². The van der Waals surface area contributed by atoms with E-state index in [1.54, 1.807) is 0 Å². The van der Waals surface area contributed by atoms with Gasteiger partial charge in [-0.15, -0.1) is 23.5 Å². The van der Waals surface area contributed by atoms with Crippen molar-refractivity contribution >= 4 is 29.4 Å². The maximum Gasteiger partial charge on any atom is 0.232 e. The zero-order chi connectivity index (χ0) is 25.3. The van der Waals surface area contributed by atoms with Crippen LogP contribution in [-0.4, -0.2) is 45.3 Å². The highest BCUT2D eigenvalue weighted by molar-refractivity contribution is 8.04. The summed E-state index contributed by atoms with van der Waals surface area (Å²) in [5.74, 6) is 1.38. The van der Waals surface area contributed by atoms with E-state index in [-0.39, 0.29) is 16.2 Å². The molecule has 2 atom stereocenters. The molecule has 5 heteroatoms. The lowest BCUT2D eigenvalue weighted by molar-refractivity contribution is -0.131. The largest absolute Gasteiger partial charge is 0.507 e. The highest BCUT2D eigenvalue weighted by atomic mass is 32.2. The zero-order valence-corrected chi connectivity index (χ0v) is 24.4. The number of hydrogen-bond acceptors (Lipinski definition) is 4. The molecule has 2 aliphatic rings. The van der Waals surface area contributed by atoms with Gasteiger partial charge in [0, 0.05) is 39.6 Å². The Morgan fingerprint density at radius 3 is 2.09 bits per heavy atom. The van der Waals surface area contributed by atoms with Crippen molar-refractivity contribution in [3.8, 4) is 5.75 Å². The number of nitrogens with zero attached hydrogens (tertiary/aromatic N) is 1. The first-order valence-electron chi connectivity index (χ1n) is 13.1. The summed E-state index contributed by atoms with van der Waals surface area (Å²) < 4.78 is 0. The predicted molar refractivity (Wildman–Crippen MR) is 149 cm³/mol. The summed E-state index contributed by atoms with van der Waals surface area (Å²) in [6.07, 6.45) is 7.25. The van der Waals surface area contributed by atoms with Gasteiger partial charge in [-0.05, 0) is 54.1 Å². The quantitative estimate of drug-likeness (QED) is 0.444. The molecule has 1 aliphatic carbocycles. The molecule has 0 radical (unpaired) electrons. The number of phenols is 1. The van der Waals surface area contributed by atoms with Crippen molar-refractivity contribution in [1.29, 1.82) is 0 Å². The number of aromatic hydroxyl groups is 1. The maximum atomic E-state index is 13.0. The fraction of sp³-hybridized carbons (Fsp3) is 0.759.